The lowest BCUT2D eigenvalue weighted by atomic mass is 10.1. The van der Waals surface area contributed by atoms with Crippen LogP contribution in [0.3, 0.4) is 0 Å². The lowest BCUT2D eigenvalue weighted by molar-refractivity contribution is -0.132. The summed E-state index contributed by atoms with van der Waals surface area (Å²) in [4.78, 5) is 18.1. The Hall–Kier alpha value is -2.38. The predicted octanol–water partition coefficient (Wildman–Crippen LogP) is 3.95. The topological polar surface area (TPSA) is 69.7 Å². The van der Waals surface area contributed by atoms with Crippen molar-refractivity contribution in [1.29, 1.82) is 0 Å². The van der Waals surface area contributed by atoms with E-state index in [0.717, 1.165) is 30.6 Å². The van der Waals surface area contributed by atoms with Gasteiger partial charge in [0.1, 0.15) is 6.54 Å². The van der Waals surface area contributed by atoms with E-state index >= 15 is 0 Å². The molecule has 0 aliphatic carbocycles. The van der Waals surface area contributed by atoms with E-state index in [-0.39, 0.29) is 18.5 Å². The lowest BCUT2D eigenvalue weighted by Crippen LogP contribution is -2.33. The van der Waals surface area contributed by atoms with Crippen molar-refractivity contribution in [3.63, 3.8) is 0 Å². The molecule has 3 aromatic rings. The number of nitrogens with one attached hydrogen (secondary N) is 2. The molecular formula is C18H18ClN5OS. The molecule has 0 bridgehead atoms. The van der Waals surface area contributed by atoms with Gasteiger partial charge in [-0.05, 0) is 61.5 Å². The van der Waals surface area contributed by atoms with Gasteiger partial charge in [0.05, 0.1) is 6.04 Å². The highest BCUT2D eigenvalue weighted by atomic mass is 35.5. The summed E-state index contributed by atoms with van der Waals surface area (Å²) >= 11 is 11.3. The van der Waals surface area contributed by atoms with E-state index in [4.69, 9.17) is 23.8 Å². The predicted molar refractivity (Wildman–Crippen MR) is 102 cm³/mol. The van der Waals surface area contributed by atoms with E-state index in [0.29, 0.717) is 15.6 Å². The largest absolute Gasteiger partial charge is 0.363 e. The molecule has 1 amide bonds. The number of nitrogens with zero attached hydrogens (tertiary/aromatic N) is 3. The Labute approximate surface area is 160 Å². The summed E-state index contributed by atoms with van der Waals surface area (Å²) < 4.78 is 2.17. The third kappa shape index (κ3) is 3.20. The maximum atomic E-state index is 13.0. The van der Waals surface area contributed by atoms with Gasteiger partial charge in [-0.25, -0.2) is 0 Å². The lowest BCUT2D eigenvalue weighted by Gasteiger charge is -2.24. The first kappa shape index (κ1) is 17.1. The van der Waals surface area contributed by atoms with Crippen LogP contribution in [-0.2, 0) is 11.3 Å². The van der Waals surface area contributed by atoms with Crippen molar-refractivity contribution in [3.8, 4) is 11.4 Å². The Balaban J connectivity index is 1.59. The monoisotopic (exact) mass is 387 g/mol. The van der Waals surface area contributed by atoms with Crippen LogP contribution in [-0.4, -0.2) is 37.1 Å². The molecule has 1 aromatic carbocycles. The summed E-state index contributed by atoms with van der Waals surface area (Å²) in [6.45, 7) is 0.911. The Morgan fingerprint density at radius 1 is 1.31 bits per heavy atom. The highest BCUT2D eigenvalue weighted by Gasteiger charge is 2.31. The third-order valence-electron chi connectivity index (χ3n) is 4.71. The summed E-state index contributed by atoms with van der Waals surface area (Å²) in [6, 6.07) is 11.4. The molecule has 2 N–H and O–H groups in total. The quantitative estimate of drug-likeness (QED) is 0.666. The van der Waals surface area contributed by atoms with E-state index in [2.05, 4.69) is 15.2 Å². The van der Waals surface area contributed by atoms with Crippen LogP contribution >= 0.6 is 23.8 Å². The van der Waals surface area contributed by atoms with Crippen molar-refractivity contribution < 1.29 is 4.79 Å². The molecule has 134 valence electrons. The van der Waals surface area contributed by atoms with Gasteiger partial charge in [-0.2, -0.15) is 5.10 Å². The van der Waals surface area contributed by atoms with Crippen molar-refractivity contribution in [3.05, 3.63) is 58.1 Å². The number of carbonyl (C=O) groups is 1. The van der Waals surface area contributed by atoms with E-state index in [1.54, 1.807) is 16.7 Å². The van der Waals surface area contributed by atoms with Gasteiger partial charge >= 0.3 is 0 Å². The van der Waals surface area contributed by atoms with Crippen LogP contribution < -0.4 is 0 Å². The minimum absolute atomic E-state index is 0.0369. The average Bonchev–Trinajstić information content (AvgIpc) is 3.37. The van der Waals surface area contributed by atoms with Crippen molar-refractivity contribution in [1.82, 2.24) is 24.6 Å². The van der Waals surface area contributed by atoms with Crippen LogP contribution in [0.15, 0.2) is 42.6 Å². The number of halogens is 1. The summed E-state index contributed by atoms with van der Waals surface area (Å²) in [7, 11) is 0. The number of rotatable bonds is 4. The highest BCUT2D eigenvalue weighted by molar-refractivity contribution is 7.71. The van der Waals surface area contributed by atoms with Gasteiger partial charge in [0.15, 0.2) is 10.6 Å². The van der Waals surface area contributed by atoms with Gasteiger partial charge in [0.2, 0.25) is 5.91 Å². The van der Waals surface area contributed by atoms with E-state index in [1.807, 2.05) is 35.4 Å². The van der Waals surface area contributed by atoms with Gasteiger partial charge < -0.3 is 9.88 Å². The van der Waals surface area contributed by atoms with Gasteiger partial charge in [0, 0.05) is 29.0 Å². The molecule has 1 atom stereocenters. The number of aromatic nitrogens is 4. The first-order valence-corrected chi connectivity index (χ1v) is 9.26. The zero-order chi connectivity index (χ0) is 18.1. The molecule has 0 unspecified atom stereocenters. The van der Waals surface area contributed by atoms with Gasteiger partial charge in [-0.1, -0.05) is 11.6 Å². The number of aromatic amines is 2. The number of benzene rings is 1. The summed E-state index contributed by atoms with van der Waals surface area (Å²) in [6.07, 6.45) is 3.85. The molecule has 4 rings (SSSR count). The number of hydrogen-bond donors (Lipinski definition) is 2. The molecule has 0 saturated carbocycles. The van der Waals surface area contributed by atoms with Crippen LogP contribution in [0.1, 0.15) is 24.6 Å². The number of likely N-dealkylation sites (tertiary alicyclic amines) is 1. The molecule has 3 heterocycles. The zero-order valence-electron chi connectivity index (χ0n) is 14.0. The Morgan fingerprint density at radius 3 is 2.85 bits per heavy atom. The van der Waals surface area contributed by atoms with Crippen LogP contribution in [0.4, 0.5) is 0 Å². The molecule has 1 aliphatic rings. The Bertz CT molecular complexity index is 960. The van der Waals surface area contributed by atoms with E-state index in [1.165, 1.54) is 0 Å². The van der Waals surface area contributed by atoms with E-state index in [9.17, 15) is 4.79 Å². The van der Waals surface area contributed by atoms with Crippen molar-refractivity contribution in [2.45, 2.75) is 25.4 Å². The highest BCUT2D eigenvalue weighted by Crippen LogP contribution is 2.31. The molecule has 0 radical (unpaired) electrons. The summed E-state index contributed by atoms with van der Waals surface area (Å²) in [5.74, 6) is 0.672. The number of H-pyrrole nitrogens is 2. The fourth-order valence-corrected chi connectivity index (χ4v) is 3.77. The van der Waals surface area contributed by atoms with Crippen LogP contribution in [0.5, 0.6) is 0 Å². The second-order valence-corrected chi connectivity index (χ2v) is 7.14. The number of amides is 1. The number of hydrogen-bond acceptors (Lipinski definition) is 3. The molecule has 1 fully saturated rings. The SMILES string of the molecule is O=C(Cn1c(-c2ccc(Cl)cc2)n[nH]c1=S)N1CCC[C@@H]1c1ccc[nH]1. The van der Waals surface area contributed by atoms with Crippen molar-refractivity contribution in [2.75, 3.05) is 6.54 Å². The van der Waals surface area contributed by atoms with Crippen LogP contribution in [0.2, 0.25) is 5.02 Å². The van der Waals surface area contributed by atoms with Crippen molar-refractivity contribution in [2.24, 2.45) is 0 Å². The average molecular weight is 388 g/mol. The standard InChI is InChI=1S/C18H18ClN5OS/c19-13-7-5-12(6-8-13)17-21-22-18(26)24(17)11-16(25)23-10-2-4-15(23)14-3-1-9-20-14/h1,3,5-9,15,20H,2,4,10-11H2,(H,22,26)/t15-/m1/s1. The molecule has 8 heteroatoms. The third-order valence-corrected chi connectivity index (χ3v) is 5.27. The summed E-state index contributed by atoms with van der Waals surface area (Å²) in [5.41, 5.74) is 1.93. The van der Waals surface area contributed by atoms with Crippen molar-refractivity contribution >= 4 is 29.7 Å². The first-order chi connectivity index (χ1) is 12.6. The maximum absolute atomic E-state index is 13.0. The zero-order valence-corrected chi connectivity index (χ0v) is 15.6. The van der Waals surface area contributed by atoms with Gasteiger partial charge in [0.25, 0.3) is 0 Å². The normalized spacial score (nSPS) is 17.0. The number of carbonyl (C=O) groups excluding carboxylic acids is 1. The minimum Gasteiger partial charge on any atom is -0.363 e. The molecule has 1 aliphatic heterocycles. The summed E-state index contributed by atoms with van der Waals surface area (Å²) in [5, 5.41) is 7.73. The molecular weight excluding hydrogens is 370 g/mol. The van der Waals surface area contributed by atoms with Gasteiger partial charge in [-0.15, -0.1) is 0 Å². The fourth-order valence-electron chi connectivity index (χ4n) is 3.45. The van der Waals surface area contributed by atoms with Crippen LogP contribution in [0.25, 0.3) is 11.4 Å². The second-order valence-electron chi connectivity index (χ2n) is 6.32. The maximum Gasteiger partial charge on any atom is 0.243 e. The van der Waals surface area contributed by atoms with E-state index < -0.39 is 0 Å². The molecule has 6 nitrogen and oxygen atoms in total. The Morgan fingerprint density at radius 2 is 2.12 bits per heavy atom. The van der Waals surface area contributed by atoms with Crippen LogP contribution in [0, 0.1) is 4.77 Å². The fraction of sp³-hybridized carbons (Fsp3) is 0.278. The minimum atomic E-state index is 0.0369. The molecule has 2 aromatic heterocycles. The smallest absolute Gasteiger partial charge is 0.243 e. The molecule has 0 spiro atoms. The molecule has 26 heavy (non-hydrogen) atoms. The molecule has 1 saturated heterocycles. The second kappa shape index (κ2) is 7.09. The first-order valence-electron chi connectivity index (χ1n) is 8.47. The van der Waals surface area contributed by atoms with Gasteiger partial charge in [-0.3, -0.25) is 14.5 Å². The Kier molecular flexibility index (Phi) is 4.65.